The van der Waals surface area contributed by atoms with E-state index >= 15 is 0 Å². The molecule has 2 N–H and O–H groups in total. The van der Waals surface area contributed by atoms with Crippen LogP contribution in [0.15, 0.2) is 6.07 Å². The van der Waals surface area contributed by atoms with Crippen molar-refractivity contribution in [3.63, 3.8) is 0 Å². The van der Waals surface area contributed by atoms with Crippen LogP contribution in [0, 0.1) is 17.2 Å². The zero-order valence-electron chi connectivity index (χ0n) is 9.75. The van der Waals surface area contributed by atoms with Crippen LogP contribution in [0.25, 0.3) is 0 Å². The third-order valence-corrected chi connectivity index (χ3v) is 2.39. The maximum Gasteiger partial charge on any atom is 0.122 e. The molecule has 0 fully saturated rings. The van der Waals surface area contributed by atoms with Crippen molar-refractivity contribution >= 4 is 5.69 Å². The number of hydrogen-bond acceptors (Lipinski definition) is 2. The second-order valence-electron chi connectivity index (χ2n) is 4.30. The van der Waals surface area contributed by atoms with Gasteiger partial charge >= 0.3 is 0 Å². The summed E-state index contributed by atoms with van der Waals surface area (Å²) in [4.78, 5) is 0. The fourth-order valence-electron chi connectivity index (χ4n) is 1.79. The molecular weight excluding hydrogens is 186 g/mol. The Hall–Kier alpha value is -1.43. The van der Waals surface area contributed by atoms with Crippen molar-refractivity contribution in [2.24, 2.45) is 5.92 Å². The molecule has 0 amide bonds. The second-order valence-corrected chi connectivity index (χ2v) is 4.30. The fraction of sp³-hybridized carbons (Fsp3) is 0.583. The number of nitrogen functional groups attached to an aromatic ring is 1. The topological polar surface area (TPSA) is 54.7 Å². The Morgan fingerprint density at radius 2 is 2.20 bits per heavy atom. The summed E-state index contributed by atoms with van der Waals surface area (Å²) < 4.78 is 2.06. The Bertz CT molecular complexity index is 369. The molecule has 15 heavy (non-hydrogen) atoms. The first-order chi connectivity index (χ1) is 7.10. The Kier molecular flexibility index (Phi) is 3.79. The summed E-state index contributed by atoms with van der Waals surface area (Å²) in [5.41, 5.74) is 8.46. The average molecular weight is 205 g/mol. The molecular formula is C12H19N3. The van der Waals surface area contributed by atoms with Crippen molar-refractivity contribution in [3.8, 4) is 6.07 Å². The summed E-state index contributed by atoms with van der Waals surface area (Å²) in [6, 6.07) is 3.99. The molecule has 0 unspecified atom stereocenters. The minimum absolute atomic E-state index is 0.527. The van der Waals surface area contributed by atoms with Crippen LogP contribution in [0.3, 0.4) is 0 Å². The molecule has 82 valence electrons. The summed E-state index contributed by atoms with van der Waals surface area (Å²) in [7, 11) is 0. The van der Waals surface area contributed by atoms with E-state index in [1.165, 1.54) is 0 Å². The standard InChI is InChI=1S/C12H19N3/c1-4-5-12-11(14)6-10(7-13)15(12)8-9(2)3/h6,9H,4-5,8,14H2,1-3H3. The van der Waals surface area contributed by atoms with Gasteiger partial charge in [0.25, 0.3) is 0 Å². The third kappa shape index (κ3) is 2.53. The van der Waals surface area contributed by atoms with E-state index in [1.54, 1.807) is 6.07 Å². The van der Waals surface area contributed by atoms with E-state index in [0.29, 0.717) is 11.6 Å². The number of hydrogen-bond donors (Lipinski definition) is 1. The van der Waals surface area contributed by atoms with E-state index in [0.717, 1.165) is 30.8 Å². The average Bonchev–Trinajstić information content (AvgIpc) is 2.45. The van der Waals surface area contributed by atoms with Crippen molar-refractivity contribution in [2.75, 3.05) is 5.73 Å². The predicted octanol–water partition coefficient (Wildman–Crippen LogP) is 2.55. The Labute approximate surface area is 91.5 Å². The number of anilines is 1. The van der Waals surface area contributed by atoms with E-state index in [-0.39, 0.29) is 0 Å². The summed E-state index contributed by atoms with van der Waals surface area (Å²) in [5, 5.41) is 9.01. The SMILES string of the molecule is CCCc1c(N)cc(C#N)n1CC(C)C. The first-order valence-corrected chi connectivity index (χ1v) is 5.48. The van der Waals surface area contributed by atoms with Crippen LogP contribution in [0.2, 0.25) is 0 Å². The number of rotatable bonds is 4. The minimum Gasteiger partial charge on any atom is -0.397 e. The lowest BCUT2D eigenvalue weighted by Gasteiger charge is -2.12. The van der Waals surface area contributed by atoms with Gasteiger partial charge in [-0.25, -0.2) is 0 Å². The molecule has 0 bridgehead atoms. The summed E-state index contributed by atoms with van der Waals surface area (Å²) in [6.07, 6.45) is 2.00. The van der Waals surface area contributed by atoms with Crippen LogP contribution in [0.5, 0.6) is 0 Å². The summed E-state index contributed by atoms with van der Waals surface area (Å²) in [6.45, 7) is 7.29. The summed E-state index contributed by atoms with van der Waals surface area (Å²) >= 11 is 0. The molecule has 1 rings (SSSR count). The molecule has 0 saturated carbocycles. The van der Waals surface area contributed by atoms with Crippen molar-refractivity contribution in [3.05, 3.63) is 17.5 Å². The van der Waals surface area contributed by atoms with E-state index in [9.17, 15) is 0 Å². The largest absolute Gasteiger partial charge is 0.397 e. The molecule has 0 aliphatic rings. The normalized spacial score (nSPS) is 10.6. The minimum atomic E-state index is 0.527. The summed E-state index contributed by atoms with van der Waals surface area (Å²) in [5.74, 6) is 0.527. The van der Waals surface area contributed by atoms with E-state index in [4.69, 9.17) is 11.0 Å². The van der Waals surface area contributed by atoms with Gasteiger partial charge in [0.1, 0.15) is 11.8 Å². The van der Waals surface area contributed by atoms with Crippen LogP contribution in [0.4, 0.5) is 5.69 Å². The highest BCUT2D eigenvalue weighted by atomic mass is 15.0. The molecule has 0 aromatic carbocycles. The van der Waals surface area contributed by atoms with Gasteiger partial charge in [-0.15, -0.1) is 0 Å². The third-order valence-electron chi connectivity index (χ3n) is 2.39. The predicted molar refractivity (Wildman–Crippen MR) is 62.4 cm³/mol. The van der Waals surface area contributed by atoms with Crippen LogP contribution in [-0.4, -0.2) is 4.57 Å². The first-order valence-electron chi connectivity index (χ1n) is 5.48. The smallest absolute Gasteiger partial charge is 0.122 e. The van der Waals surface area contributed by atoms with Gasteiger partial charge in [-0.1, -0.05) is 27.2 Å². The molecule has 1 aromatic heterocycles. The van der Waals surface area contributed by atoms with Gasteiger partial charge in [0.15, 0.2) is 0 Å². The van der Waals surface area contributed by atoms with Crippen LogP contribution >= 0.6 is 0 Å². The lowest BCUT2D eigenvalue weighted by Crippen LogP contribution is -2.10. The molecule has 0 atom stereocenters. The van der Waals surface area contributed by atoms with Crippen molar-refractivity contribution < 1.29 is 0 Å². The van der Waals surface area contributed by atoms with Crippen LogP contribution in [0.1, 0.15) is 38.6 Å². The first kappa shape index (κ1) is 11.6. The Morgan fingerprint density at radius 3 is 2.67 bits per heavy atom. The van der Waals surface area contributed by atoms with Crippen molar-refractivity contribution in [2.45, 2.75) is 40.2 Å². The van der Waals surface area contributed by atoms with Gasteiger partial charge < -0.3 is 10.3 Å². The molecule has 0 aliphatic heterocycles. The number of nitrogens with zero attached hydrogens (tertiary/aromatic N) is 2. The Morgan fingerprint density at radius 1 is 1.53 bits per heavy atom. The quantitative estimate of drug-likeness (QED) is 0.821. The maximum absolute atomic E-state index is 9.01. The van der Waals surface area contributed by atoms with Gasteiger partial charge in [0.2, 0.25) is 0 Å². The highest BCUT2D eigenvalue weighted by Gasteiger charge is 2.12. The molecule has 0 aliphatic carbocycles. The van der Waals surface area contributed by atoms with Gasteiger partial charge in [-0.05, 0) is 18.4 Å². The number of nitrogens with two attached hydrogens (primary N) is 1. The fourth-order valence-corrected chi connectivity index (χ4v) is 1.79. The van der Waals surface area contributed by atoms with E-state index in [1.807, 2.05) is 0 Å². The second kappa shape index (κ2) is 4.88. The van der Waals surface area contributed by atoms with Gasteiger partial charge in [0, 0.05) is 12.2 Å². The number of nitriles is 1. The molecule has 1 aromatic rings. The highest BCUT2D eigenvalue weighted by molar-refractivity contribution is 5.50. The molecule has 3 nitrogen and oxygen atoms in total. The Balaban J connectivity index is 3.12. The van der Waals surface area contributed by atoms with Crippen molar-refractivity contribution in [1.82, 2.24) is 4.57 Å². The molecule has 0 spiro atoms. The van der Waals surface area contributed by atoms with E-state index in [2.05, 4.69) is 31.4 Å². The van der Waals surface area contributed by atoms with Crippen LogP contribution in [-0.2, 0) is 13.0 Å². The highest BCUT2D eigenvalue weighted by Crippen LogP contribution is 2.21. The zero-order chi connectivity index (χ0) is 11.4. The zero-order valence-corrected chi connectivity index (χ0v) is 9.75. The van der Waals surface area contributed by atoms with Crippen molar-refractivity contribution in [1.29, 1.82) is 5.26 Å². The van der Waals surface area contributed by atoms with Crippen LogP contribution < -0.4 is 5.73 Å². The van der Waals surface area contributed by atoms with Gasteiger partial charge in [0.05, 0.1) is 5.69 Å². The maximum atomic E-state index is 9.01. The van der Waals surface area contributed by atoms with Gasteiger partial charge in [-0.2, -0.15) is 5.26 Å². The van der Waals surface area contributed by atoms with E-state index < -0.39 is 0 Å². The van der Waals surface area contributed by atoms with Gasteiger partial charge in [-0.3, -0.25) is 0 Å². The molecule has 0 saturated heterocycles. The molecule has 3 heteroatoms. The number of aromatic nitrogens is 1. The lowest BCUT2D eigenvalue weighted by atomic mass is 10.2. The lowest BCUT2D eigenvalue weighted by molar-refractivity contribution is 0.507. The molecule has 1 heterocycles. The molecule has 0 radical (unpaired) electrons. The monoisotopic (exact) mass is 205 g/mol.